The Morgan fingerprint density at radius 3 is 2.75 bits per heavy atom. The predicted octanol–water partition coefficient (Wildman–Crippen LogP) is 0.881. The number of amides is 2. The van der Waals surface area contributed by atoms with Gasteiger partial charge in [0.05, 0.1) is 5.92 Å². The van der Waals surface area contributed by atoms with E-state index in [0.29, 0.717) is 18.9 Å². The number of carboxylic acid groups (broad SMARTS) is 1. The number of nitrogens with zero attached hydrogens (tertiary/aromatic N) is 1. The number of aliphatic carboxylic acids is 1. The highest BCUT2D eigenvalue weighted by Gasteiger charge is 2.34. The molecule has 6 heteroatoms. The summed E-state index contributed by atoms with van der Waals surface area (Å²) in [5.74, 6) is -0.718. The molecule has 2 amide bonds. The van der Waals surface area contributed by atoms with E-state index < -0.39 is 11.9 Å². The normalized spacial score (nSPS) is 30.4. The zero-order valence-electron chi connectivity index (χ0n) is 12.1. The maximum absolute atomic E-state index is 11.8. The molecule has 0 aromatic carbocycles. The number of hydrogen-bond donors (Lipinski definition) is 3. The highest BCUT2D eigenvalue weighted by molar-refractivity contribution is 5.77. The van der Waals surface area contributed by atoms with Gasteiger partial charge in [0.15, 0.2) is 0 Å². The van der Waals surface area contributed by atoms with Crippen LogP contribution in [0.4, 0.5) is 4.79 Å². The lowest BCUT2D eigenvalue weighted by Gasteiger charge is -2.19. The summed E-state index contributed by atoms with van der Waals surface area (Å²) in [4.78, 5) is 25.3. The second-order valence-electron chi connectivity index (χ2n) is 5.88. The van der Waals surface area contributed by atoms with E-state index >= 15 is 0 Å². The van der Waals surface area contributed by atoms with Crippen molar-refractivity contribution in [3.8, 4) is 0 Å². The molecule has 0 aromatic heterocycles. The third kappa shape index (κ3) is 3.85. The van der Waals surface area contributed by atoms with Gasteiger partial charge in [-0.25, -0.2) is 4.79 Å². The zero-order chi connectivity index (χ0) is 14.5. The third-order valence-electron chi connectivity index (χ3n) is 4.52. The molecule has 3 atom stereocenters. The maximum Gasteiger partial charge on any atom is 0.315 e. The minimum Gasteiger partial charge on any atom is -0.481 e. The van der Waals surface area contributed by atoms with Crippen LogP contribution >= 0.6 is 0 Å². The molecule has 1 aliphatic heterocycles. The summed E-state index contributed by atoms with van der Waals surface area (Å²) in [6.07, 6.45) is 3.41. The van der Waals surface area contributed by atoms with E-state index in [1.165, 1.54) is 0 Å². The lowest BCUT2D eigenvalue weighted by Crippen LogP contribution is -2.46. The van der Waals surface area contributed by atoms with Crippen LogP contribution in [0.25, 0.3) is 0 Å². The van der Waals surface area contributed by atoms with Crippen molar-refractivity contribution in [3.63, 3.8) is 0 Å². The largest absolute Gasteiger partial charge is 0.481 e. The molecule has 1 aliphatic carbocycles. The Hall–Kier alpha value is -1.30. The Bertz CT molecular complexity index is 362. The van der Waals surface area contributed by atoms with Crippen LogP contribution in [0.5, 0.6) is 0 Å². The lowest BCUT2D eigenvalue weighted by molar-refractivity contribution is -0.142. The summed E-state index contributed by atoms with van der Waals surface area (Å²) in [5.41, 5.74) is 0. The molecule has 0 aromatic rings. The van der Waals surface area contributed by atoms with Crippen molar-refractivity contribution in [2.24, 2.45) is 11.8 Å². The SMILES string of the molecule is CCN1CCC(CNC(=O)NC2CCCC2C(=O)O)C1. The van der Waals surface area contributed by atoms with Crippen molar-refractivity contribution in [2.45, 2.75) is 38.6 Å². The fraction of sp³-hybridized carbons (Fsp3) is 0.857. The van der Waals surface area contributed by atoms with Crippen molar-refractivity contribution >= 4 is 12.0 Å². The molecule has 3 unspecified atom stereocenters. The van der Waals surface area contributed by atoms with E-state index in [9.17, 15) is 9.59 Å². The first kappa shape index (κ1) is 15.1. The number of nitrogens with one attached hydrogen (secondary N) is 2. The van der Waals surface area contributed by atoms with E-state index in [2.05, 4.69) is 22.5 Å². The monoisotopic (exact) mass is 283 g/mol. The number of likely N-dealkylation sites (tertiary alicyclic amines) is 1. The van der Waals surface area contributed by atoms with Crippen LogP contribution in [-0.2, 0) is 4.79 Å². The van der Waals surface area contributed by atoms with Crippen molar-refractivity contribution in [1.82, 2.24) is 15.5 Å². The predicted molar refractivity (Wildman–Crippen MR) is 75.5 cm³/mol. The average molecular weight is 283 g/mol. The van der Waals surface area contributed by atoms with Crippen LogP contribution < -0.4 is 10.6 Å². The third-order valence-corrected chi connectivity index (χ3v) is 4.52. The van der Waals surface area contributed by atoms with Crippen molar-refractivity contribution in [3.05, 3.63) is 0 Å². The van der Waals surface area contributed by atoms with Crippen LogP contribution in [-0.4, -0.2) is 54.2 Å². The minimum absolute atomic E-state index is 0.219. The molecular formula is C14H25N3O3. The van der Waals surface area contributed by atoms with Gasteiger partial charge in [0.25, 0.3) is 0 Å². The Morgan fingerprint density at radius 2 is 2.10 bits per heavy atom. The Morgan fingerprint density at radius 1 is 1.30 bits per heavy atom. The molecule has 2 aliphatic rings. The van der Waals surface area contributed by atoms with E-state index in [4.69, 9.17) is 5.11 Å². The van der Waals surface area contributed by atoms with Crippen molar-refractivity contribution in [1.29, 1.82) is 0 Å². The van der Waals surface area contributed by atoms with E-state index in [-0.39, 0.29) is 12.1 Å². The minimum atomic E-state index is -0.804. The number of hydrogen-bond acceptors (Lipinski definition) is 3. The van der Waals surface area contributed by atoms with Crippen LogP contribution in [0.1, 0.15) is 32.6 Å². The number of urea groups is 1. The molecule has 2 rings (SSSR count). The second kappa shape index (κ2) is 6.92. The average Bonchev–Trinajstić information content (AvgIpc) is 3.04. The standard InChI is InChI=1S/C14H25N3O3/c1-2-17-7-6-10(9-17)8-15-14(20)16-12-5-3-4-11(12)13(18)19/h10-12H,2-9H2,1H3,(H,18,19)(H2,15,16,20). The summed E-state index contributed by atoms with van der Waals surface area (Å²) in [6.45, 7) is 6.03. The summed E-state index contributed by atoms with van der Waals surface area (Å²) in [5, 5.41) is 14.8. The van der Waals surface area contributed by atoms with Crippen LogP contribution in [0.3, 0.4) is 0 Å². The Labute approximate surface area is 119 Å². The molecule has 114 valence electrons. The summed E-state index contributed by atoms with van der Waals surface area (Å²) in [7, 11) is 0. The topological polar surface area (TPSA) is 81.7 Å². The molecule has 2 fully saturated rings. The quantitative estimate of drug-likeness (QED) is 0.699. The molecule has 0 radical (unpaired) electrons. The first-order valence-corrected chi connectivity index (χ1v) is 7.59. The first-order valence-electron chi connectivity index (χ1n) is 7.59. The number of carboxylic acids is 1. The van der Waals surface area contributed by atoms with Gasteiger partial charge in [-0.2, -0.15) is 0 Å². The van der Waals surface area contributed by atoms with Gasteiger partial charge < -0.3 is 20.6 Å². The Balaban J connectivity index is 1.69. The van der Waals surface area contributed by atoms with Gasteiger partial charge >= 0.3 is 12.0 Å². The summed E-state index contributed by atoms with van der Waals surface area (Å²) in [6, 6.07) is -0.443. The number of carbonyl (C=O) groups is 2. The van der Waals surface area contributed by atoms with Crippen LogP contribution in [0.15, 0.2) is 0 Å². The molecule has 3 N–H and O–H groups in total. The molecule has 20 heavy (non-hydrogen) atoms. The molecular weight excluding hydrogens is 258 g/mol. The Kier molecular flexibility index (Phi) is 5.23. The highest BCUT2D eigenvalue weighted by Crippen LogP contribution is 2.25. The van der Waals surface area contributed by atoms with Gasteiger partial charge in [-0.1, -0.05) is 13.3 Å². The molecule has 0 bridgehead atoms. The van der Waals surface area contributed by atoms with E-state index in [1.807, 2.05) is 0 Å². The van der Waals surface area contributed by atoms with Gasteiger partial charge in [-0.05, 0) is 38.3 Å². The number of rotatable bonds is 5. The smallest absolute Gasteiger partial charge is 0.315 e. The molecule has 0 spiro atoms. The van der Waals surface area contributed by atoms with Crippen molar-refractivity contribution in [2.75, 3.05) is 26.2 Å². The van der Waals surface area contributed by atoms with E-state index in [0.717, 1.165) is 38.9 Å². The zero-order valence-corrected chi connectivity index (χ0v) is 12.1. The van der Waals surface area contributed by atoms with Gasteiger partial charge in [-0.15, -0.1) is 0 Å². The van der Waals surface area contributed by atoms with Gasteiger partial charge in [0.1, 0.15) is 0 Å². The summed E-state index contributed by atoms with van der Waals surface area (Å²) >= 11 is 0. The lowest BCUT2D eigenvalue weighted by atomic mass is 10.0. The molecule has 1 saturated carbocycles. The van der Waals surface area contributed by atoms with Gasteiger partial charge in [-0.3, -0.25) is 4.79 Å². The van der Waals surface area contributed by atoms with E-state index in [1.54, 1.807) is 0 Å². The second-order valence-corrected chi connectivity index (χ2v) is 5.88. The summed E-state index contributed by atoms with van der Waals surface area (Å²) < 4.78 is 0. The van der Waals surface area contributed by atoms with Crippen molar-refractivity contribution < 1.29 is 14.7 Å². The molecule has 1 heterocycles. The number of carbonyl (C=O) groups excluding carboxylic acids is 1. The van der Waals surface area contributed by atoms with Gasteiger partial charge in [0, 0.05) is 19.1 Å². The fourth-order valence-electron chi connectivity index (χ4n) is 3.25. The van der Waals surface area contributed by atoms with Crippen LogP contribution in [0.2, 0.25) is 0 Å². The molecule has 6 nitrogen and oxygen atoms in total. The molecule has 1 saturated heterocycles. The first-order chi connectivity index (χ1) is 9.60. The fourth-order valence-corrected chi connectivity index (χ4v) is 3.25. The maximum atomic E-state index is 11.8. The van der Waals surface area contributed by atoms with Gasteiger partial charge in [0.2, 0.25) is 0 Å². The van der Waals surface area contributed by atoms with Crippen LogP contribution in [0, 0.1) is 11.8 Å². The highest BCUT2D eigenvalue weighted by atomic mass is 16.4.